The fourth-order valence-electron chi connectivity index (χ4n) is 2.18. The zero-order chi connectivity index (χ0) is 15.2. The Hall–Kier alpha value is -2.20. The first-order chi connectivity index (χ1) is 10.1. The zero-order valence-corrected chi connectivity index (χ0v) is 12.4. The highest BCUT2D eigenvalue weighted by molar-refractivity contribution is 5.83. The van der Waals surface area contributed by atoms with Crippen molar-refractivity contribution in [3.63, 3.8) is 0 Å². The lowest BCUT2D eigenvalue weighted by molar-refractivity contribution is -0.135. The lowest BCUT2D eigenvalue weighted by atomic mass is 10.1. The molecule has 0 unspecified atom stereocenters. The van der Waals surface area contributed by atoms with E-state index in [0.717, 1.165) is 11.1 Å². The fraction of sp³-hybridized carbons (Fsp3) is 0.294. The summed E-state index contributed by atoms with van der Waals surface area (Å²) in [4.78, 5) is 18.5. The Balaban J connectivity index is 2.16. The van der Waals surface area contributed by atoms with Crippen molar-refractivity contribution in [1.29, 1.82) is 0 Å². The number of aromatic nitrogens is 1. The number of nitrogens with two attached hydrogens (primary N) is 1. The minimum Gasteiger partial charge on any atom is -0.334 e. The number of pyridine rings is 1. The van der Waals surface area contributed by atoms with Crippen LogP contribution in [0.2, 0.25) is 0 Å². The van der Waals surface area contributed by atoms with Crippen molar-refractivity contribution < 1.29 is 4.79 Å². The van der Waals surface area contributed by atoms with Crippen molar-refractivity contribution in [1.82, 2.24) is 9.88 Å². The molecule has 1 amide bonds. The van der Waals surface area contributed by atoms with Gasteiger partial charge in [0, 0.05) is 25.0 Å². The normalized spacial score (nSPS) is 12.2. The summed E-state index contributed by atoms with van der Waals surface area (Å²) in [7, 11) is 0. The first-order valence-electron chi connectivity index (χ1n) is 7.09. The van der Waals surface area contributed by atoms with Crippen molar-refractivity contribution >= 4 is 5.91 Å². The second-order valence-electron chi connectivity index (χ2n) is 5.31. The van der Waals surface area contributed by atoms with Gasteiger partial charge in [-0.3, -0.25) is 9.78 Å². The van der Waals surface area contributed by atoms with E-state index in [1.165, 1.54) is 0 Å². The van der Waals surface area contributed by atoms with Crippen LogP contribution in [-0.4, -0.2) is 21.8 Å². The lowest BCUT2D eigenvalue weighted by Crippen LogP contribution is -2.42. The molecule has 4 nitrogen and oxygen atoms in total. The van der Waals surface area contributed by atoms with Crippen LogP contribution in [0.1, 0.15) is 31.0 Å². The van der Waals surface area contributed by atoms with Crippen LogP contribution in [0.25, 0.3) is 0 Å². The van der Waals surface area contributed by atoms with Gasteiger partial charge in [0.25, 0.3) is 0 Å². The predicted molar refractivity (Wildman–Crippen MR) is 83.3 cm³/mol. The van der Waals surface area contributed by atoms with E-state index in [9.17, 15) is 4.79 Å². The van der Waals surface area contributed by atoms with Gasteiger partial charge in [-0.05, 0) is 31.0 Å². The number of carbonyl (C=O) groups is 1. The number of hydrogen-bond acceptors (Lipinski definition) is 3. The third-order valence-corrected chi connectivity index (χ3v) is 3.41. The van der Waals surface area contributed by atoms with Gasteiger partial charge in [-0.1, -0.05) is 36.4 Å². The summed E-state index contributed by atoms with van der Waals surface area (Å²) in [6.45, 7) is 4.50. The Kier molecular flexibility index (Phi) is 5.06. The molecule has 21 heavy (non-hydrogen) atoms. The molecular weight excluding hydrogens is 262 g/mol. The van der Waals surface area contributed by atoms with E-state index in [2.05, 4.69) is 4.98 Å². The van der Waals surface area contributed by atoms with Crippen LogP contribution >= 0.6 is 0 Å². The molecule has 0 radical (unpaired) electrons. The second kappa shape index (κ2) is 6.99. The average Bonchev–Trinajstić information content (AvgIpc) is 2.53. The van der Waals surface area contributed by atoms with E-state index < -0.39 is 6.04 Å². The molecule has 4 heteroatoms. The van der Waals surface area contributed by atoms with E-state index >= 15 is 0 Å². The van der Waals surface area contributed by atoms with Gasteiger partial charge in [0.1, 0.15) is 6.04 Å². The number of amides is 1. The van der Waals surface area contributed by atoms with Gasteiger partial charge < -0.3 is 10.6 Å². The van der Waals surface area contributed by atoms with Crippen molar-refractivity contribution in [3.8, 4) is 0 Å². The molecule has 2 aromatic rings. The van der Waals surface area contributed by atoms with Crippen molar-refractivity contribution in [3.05, 3.63) is 66.0 Å². The van der Waals surface area contributed by atoms with E-state index in [4.69, 9.17) is 5.73 Å². The monoisotopic (exact) mass is 283 g/mol. The van der Waals surface area contributed by atoms with Gasteiger partial charge in [-0.15, -0.1) is 0 Å². The van der Waals surface area contributed by atoms with E-state index in [0.29, 0.717) is 6.54 Å². The van der Waals surface area contributed by atoms with Crippen LogP contribution in [0.3, 0.4) is 0 Å². The third-order valence-electron chi connectivity index (χ3n) is 3.41. The number of carbonyl (C=O) groups excluding carboxylic acids is 1. The van der Waals surface area contributed by atoms with Crippen LogP contribution in [0.4, 0.5) is 0 Å². The maximum atomic E-state index is 12.7. The van der Waals surface area contributed by atoms with E-state index in [1.54, 1.807) is 17.3 Å². The summed E-state index contributed by atoms with van der Waals surface area (Å²) in [5.74, 6) is -0.0694. The van der Waals surface area contributed by atoms with Crippen LogP contribution in [-0.2, 0) is 11.3 Å². The van der Waals surface area contributed by atoms with Crippen LogP contribution < -0.4 is 5.73 Å². The Morgan fingerprint density at radius 3 is 2.48 bits per heavy atom. The molecule has 0 aliphatic rings. The average molecular weight is 283 g/mol. The molecule has 0 fully saturated rings. The van der Waals surface area contributed by atoms with Gasteiger partial charge in [0.15, 0.2) is 0 Å². The zero-order valence-electron chi connectivity index (χ0n) is 12.4. The van der Waals surface area contributed by atoms with Gasteiger partial charge in [-0.2, -0.15) is 0 Å². The van der Waals surface area contributed by atoms with Gasteiger partial charge in [0.05, 0.1) is 0 Å². The molecule has 1 aromatic heterocycles. The molecular formula is C17H21N3O. The quantitative estimate of drug-likeness (QED) is 0.917. The van der Waals surface area contributed by atoms with Gasteiger partial charge in [0.2, 0.25) is 5.91 Å². The van der Waals surface area contributed by atoms with Gasteiger partial charge in [-0.25, -0.2) is 0 Å². The summed E-state index contributed by atoms with van der Waals surface area (Å²) in [6, 6.07) is 12.7. The first kappa shape index (κ1) is 15.2. The summed E-state index contributed by atoms with van der Waals surface area (Å²) < 4.78 is 0. The molecule has 0 bridgehead atoms. The number of nitrogens with zero attached hydrogens (tertiary/aromatic N) is 2. The lowest BCUT2D eigenvalue weighted by Gasteiger charge is -2.29. The minimum atomic E-state index is -0.634. The Bertz CT molecular complexity index is 569. The number of benzene rings is 1. The summed E-state index contributed by atoms with van der Waals surface area (Å²) >= 11 is 0. The molecule has 110 valence electrons. The number of rotatable bonds is 5. The van der Waals surface area contributed by atoms with Gasteiger partial charge >= 0.3 is 0 Å². The molecule has 0 aliphatic carbocycles. The van der Waals surface area contributed by atoms with Crippen molar-refractivity contribution in [2.45, 2.75) is 32.5 Å². The highest BCUT2D eigenvalue weighted by Gasteiger charge is 2.24. The standard InChI is InChI=1S/C17H21N3O/c1-13(2)20(12-14-7-6-10-19-11-14)17(21)16(18)15-8-4-3-5-9-15/h3-11,13,16H,12,18H2,1-2H3/t16-/m0/s1. The molecule has 0 saturated carbocycles. The largest absolute Gasteiger partial charge is 0.334 e. The Morgan fingerprint density at radius 2 is 1.90 bits per heavy atom. The smallest absolute Gasteiger partial charge is 0.244 e. The highest BCUT2D eigenvalue weighted by Crippen LogP contribution is 2.17. The molecule has 1 atom stereocenters. The molecule has 2 rings (SSSR count). The molecule has 0 aliphatic heterocycles. The van der Waals surface area contributed by atoms with Crippen LogP contribution in [0, 0.1) is 0 Å². The van der Waals surface area contributed by atoms with Crippen LogP contribution in [0.5, 0.6) is 0 Å². The fourth-order valence-corrected chi connectivity index (χ4v) is 2.18. The molecule has 0 saturated heterocycles. The molecule has 1 heterocycles. The molecule has 1 aromatic carbocycles. The molecule has 2 N–H and O–H groups in total. The molecule has 0 spiro atoms. The van der Waals surface area contributed by atoms with Crippen LogP contribution in [0.15, 0.2) is 54.9 Å². The van der Waals surface area contributed by atoms with E-state index in [-0.39, 0.29) is 11.9 Å². The SMILES string of the molecule is CC(C)N(Cc1cccnc1)C(=O)[C@@H](N)c1ccccc1. The summed E-state index contributed by atoms with van der Waals surface area (Å²) in [5.41, 5.74) is 7.96. The predicted octanol–water partition coefficient (Wildman–Crippen LogP) is 2.52. The minimum absolute atomic E-state index is 0.0694. The summed E-state index contributed by atoms with van der Waals surface area (Å²) in [5, 5.41) is 0. The topological polar surface area (TPSA) is 59.2 Å². The maximum Gasteiger partial charge on any atom is 0.244 e. The maximum absolute atomic E-state index is 12.7. The Morgan fingerprint density at radius 1 is 1.19 bits per heavy atom. The van der Waals surface area contributed by atoms with Crippen molar-refractivity contribution in [2.75, 3.05) is 0 Å². The second-order valence-corrected chi connectivity index (χ2v) is 5.31. The Labute approximate surface area is 125 Å². The third kappa shape index (κ3) is 3.89. The first-order valence-corrected chi connectivity index (χ1v) is 7.09. The summed E-state index contributed by atoms with van der Waals surface area (Å²) in [6.07, 6.45) is 3.50. The van der Waals surface area contributed by atoms with E-state index in [1.807, 2.05) is 56.3 Å². The van der Waals surface area contributed by atoms with Crippen molar-refractivity contribution in [2.24, 2.45) is 5.73 Å². The highest BCUT2D eigenvalue weighted by atomic mass is 16.2. The number of hydrogen-bond donors (Lipinski definition) is 1.